The van der Waals surface area contributed by atoms with E-state index in [0.29, 0.717) is 59.0 Å². The van der Waals surface area contributed by atoms with Gasteiger partial charge in [-0.05, 0) is 158 Å². The molecule has 23 nitrogen and oxygen atoms in total. The normalized spacial score (nSPS) is 13.6. The summed E-state index contributed by atoms with van der Waals surface area (Å²) >= 11 is 3.77. The Morgan fingerprint density at radius 2 is 1.00 bits per heavy atom. The Kier molecular flexibility index (Phi) is 17.3. The lowest BCUT2D eigenvalue weighted by Gasteiger charge is -2.21. The van der Waals surface area contributed by atoms with Crippen LogP contribution in [0, 0.1) is 32.6 Å². The van der Waals surface area contributed by atoms with Crippen LogP contribution in [-0.2, 0) is 44.3 Å². The monoisotopic (exact) mass is 1450 g/mol. The van der Waals surface area contributed by atoms with Gasteiger partial charge in [0, 0.05) is 50.3 Å². The highest BCUT2D eigenvalue weighted by atomic mass is 127. The number of sulfonamides is 2. The van der Waals surface area contributed by atoms with Crippen LogP contribution in [0.4, 0.5) is 50.4 Å². The smallest absolute Gasteiger partial charge is 0.399 e. The van der Waals surface area contributed by atoms with Crippen LogP contribution in [0.2, 0.25) is 0 Å². The number of benzene rings is 4. The topological polar surface area (TPSA) is 306 Å². The van der Waals surface area contributed by atoms with Gasteiger partial charge >= 0.3 is 27.0 Å². The van der Waals surface area contributed by atoms with Crippen LogP contribution in [0.1, 0.15) is 48.9 Å². The number of hydrogen-bond donors (Lipinski definition) is 4. The predicted octanol–water partition coefficient (Wildman–Crippen LogP) is 6.46. The molecule has 8 aromatic rings. The van der Waals surface area contributed by atoms with Crippen molar-refractivity contribution in [1.82, 2.24) is 27.4 Å². The maximum atomic E-state index is 15.2. The van der Waals surface area contributed by atoms with Crippen LogP contribution in [0.25, 0.3) is 33.4 Å². The molecule has 2 aliphatic carbocycles. The van der Waals surface area contributed by atoms with Crippen LogP contribution in [0.5, 0.6) is 5.75 Å². The van der Waals surface area contributed by atoms with Crippen LogP contribution in [0.3, 0.4) is 0 Å². The van der Waals surface area contributed by atoms with E-state index in [9.17, 15) is 71.6 Å². The SMILES string of the molecule is CS(=O)(=O)Nc1cccc(N)c1.Cc1c(Nc2cccc(NS(C)(=O)=O)c2)c2c(=O)n(C3CC3)c(=O)n(-c3ccc(I)cc3F)c2n(C)c1=O.Cc1c(OS(=O)(=O)C(F)(F)F)c2c(=O)n(C3CC3)c(=O)n(-c3ccc(I)cc3F)c2n(C)c1=O. The number of nitrogens with zero attached hydrogens (tertiary/aromatic N) is 6. The third kappa shape index (κ3) is 13.0. The van der Waals surface area contributed by atoms with Crippen molar-refractivity contribution < 1.29 is 51.4 Å². The molecule has 33 heteroatoms. The Labute approximate surface area is 499 Å². The maximum Gasteiger partial charge on any atom is 0.534 e. The van der Waals surface area contributed by atoms with E-state index in [2.05, 4.69) is 18.9 Å². The van der Waals surface area contributed by atoms with E-state index in [4.69, 9.17) is 5.73 Å². The number of pyridine rings is 2. The zero-order valence-electron chi connectivity index (χ0n) is 44.5. The highest BCUT2D eigenvalue weighted by Crippen LogP contribution is 2.37. The van der Waals surface area contributed by atoms with Crippen LogP contribution < -0.4 is 58.3 Å². The first-order valence-electron chi connectivity index (χ1n) is 24.4. The molecule has 0 atom stereocenters. The summed E-state index contributed by atoms with van der Waals surface area (Å²) in [7, 11) is -10.5. The van der Waals surface area contributed by atoms with Gasteiger partial charge in [0.05, 0.1) is 46.5 Å². The first-order chi connectivity index (χ1) is 39.0. The van der Waals surface area contributed by atoms with Gasteiger partial charge in [-0.1, -0.05) is 12.1 Å². The number of nitrogen functional groups attached to an aromatic ring is 1. The van der Waals surface area contributed by atoms with E-state index in [-0.39, 0.29) is 39.7 Å². The third-order valence-corrected chi connectivity index (χ3v) is 16.3. The van der Waals surface area contributed by atoms with Crippen LogP contribution in [-0.4, -0.2) is 70.7 Å². The molecule has 0 saturated heterocycles. The molecule has 0 aliphatic heterocycles. The quantitative estimate of drug-likeness (QED) is 0.0335. The largest absolute Gasteiger partial charge is 0.534 e. The molecule has 0 unspecified atom stereocenters. The van der Waals surface area contributed by atoms with Crippen molar-refractivity contribution in [3.63, 3.8) is 0 Å². The van der Waals surface area contributed by atoms with E-state index in [1.54, 1.807) is 55.5 Å². The second kappa shape index (κ2) is 23.2. The van der Waals surface area contributed by atoms with Gasteiger partial charge in [-0.15, -0.1) is 0 Å². The zero-order valence-corrected chi connectivity index (χ0v) is 51.3. The number of halogens is 7. The number of nitrogens with two attached hydrogens (primary N) is 1. The second-order valence-corrected chi connectivity index (χ2v) is 26.9. The summed E-state index contributed by atoms with van der Waals surface area (Å²) in [5.41, 5.74) is -5.21. The average molecular weight is 1450 g/mol. The molecule has 2 aliphatic rings. The van der Waals surface area contributed by atoms with Gasteiger partial charge in [-0.2, -0.15) is 21.6 Å². The van der Waals surface area contributed by atoms with Gasteiger partial charge in [0.15, 0.2) is 5.75 Å². The summed E-state index contributed by atoms with van der Waals surface area (Å²) in [5.74, 6) is -2.77. The Morgan fingerprint density at radius 1 is 0.583 bits per heavy atom. The predicted molar refractivity (Wildman–Crippen MR) is 323 cm³/mol. The molecule has 2 fully saturated rings. The number of rotatable bonds is 12. The Morgan fingerprint density at radius 3 is 1.43 bits per heavy atom. The van der Waals surface area contributed by atoms with Gasteiger partial charge in [-0.3, -0.25) is 46.9 Å². The minimum absolute atomic E-state index is 0.0375. The molecule has 2 saturated carbocycles. The Balaban J connectivity index is 0.000000184. The molecular formula is C51H47F5I2N10O13S3. The van der Waals surface area contributed by atoms with Gasteiger partial charge < -0.3 is 15.2 Å². The molecule has 5 N–H and O–H groups in total. The number of aryl methyl sites for hydroxylation is 2. The highest BCUT2D eigenvalue weighted by molar-refractivity contribution is 14.1. The van der Waals surface area contributed by atoms with Crippen LogP contribution in [0.15, 0.2) is 114 Å². The fourth-order valence-corrected chi connectivity index (χ4v) is 11.4. The molecule has 10 rings (SSSR count). The van der Waals surface area contributed by atoms with Crippen molar-refractivity contribution in [2.24, 2.45) is 14.1 Å². The number of aromatic nitrogens is 6. The number of hydrogen-bond acceptors (Lipinski definition) is 15. The fraction of sp³-hybridized carbons (Fsp3) is 0.255. The third-order valence-electron chi connectivity index (χ3n) is 12.8. The number of alkyl halides is 3. The molecule has 0 amide bonds. The van der Waals surface area contributed by atoms with Crippen LogP contribution >= 0.6 is 45.2 Å². The lowest BCUT2D eigenvalue weighted by Crippen LogP contribution is -2.42. The summed E-state index contributed by atoms with van der Waals surface area (Å²) in [6.45, 7) is 2.52. The molecule has 0 bridgehead atoms. The average Bonchev–Trinajstić information content (AvgIpc) is 1.02. The van der Waals surface area contributed by atoms with Crippen molar-refractivity contribution in [1.29, 1.82) is 0 Å². The highest BCUT2D eigenvalue weighted by Gasteiger charge is 2.49. The van der Waals surface area contributed by atoms with E-state index in [1.165, 1.54) is 41.9 Å². The molecule has 0 radical (unpaired) electrons. The van der Waals surface area contributed by atoms with Gasteiger partial charge in [0.1, 0.15) is 33.7 Å². The Hall–Kier alpha value is -7.38. The molecule has 84 heavy (non-hydrogen) atoms. The fourth-order valence-electron chi connectivity index (χ4n) is 8.87. The molecule has 4 heterocycles. The summed E-state index contributed by atoms with van der Waals surface area (Å²) in [5, 5.41) is 2.34. The first-order valence-corrected chi connectivity index (χ1v) is 31.8. The summed E-state index contributed by atoms with van der Waals surface area (Å²) in [6, 6.07) is 20.0. The maximum absolute atomic E-state index is 15.2. The zero-order chi connectivity index (χ0) is 62.0. The van der Waals surface area contributed by atoms with Crippen molar-refractivity contribution in [2.75, 3.05) is 33.0 Å². The molecule has 4 aromatic carbocycles. The van der Waals surface area contributed by atoms with E-state index < -0.39 is 115 Å². The van der Waals surface area contributed by atoms with Crippen molar-refractivity contribution in [3.8, 4) is 17.1 Å². The summed E-state index contributed by atoms with van der Waals surface area (Å²) in [4.78, 5) is 80.3. The van der Waals surface area contributed by atoms with E-state index in [1.807, 2.05) is 45.2 Å². The summed E-state index contributed by atoms with van der Waals surface area (Å²) < 4.78 is 153. The summed E-state index contributed by atoms with van der Waals surface area (Å²) in [6.07, 6.45) is 4.14. The van der Waals surface area contributed by atoms with Crippen molar-refractivity contribution >= 4 is 126 Å². The van der Waals surface area contributed by atoms with Gasteiger partial charge in [-0.25, -0.2) is 44.3 Å². The van der Waals surface area contributed by atoms with E-state index >= 15 is 4.39 Å². The molecule has 0 spiro atoms. The second-order valence-electron chi connectivity index (χ2n) is 19.4. The van der Waals surface area contributed by atoms with E-state index in [0.717, 1.165) is 46.3 Å². The minimum atomic E-state index is -6.29. The number of nitrogens with one attached hydrogen (secondary N) is 3. The Bertz CT molecular complexity index is 4810. The van der Waals surface area contributed by atoms with Crippen molar-refractivity contribution in [3.05, 3.63) is 177 Å². The molecule has 446 valence electrons. The minimum Gasteiger partial charge on any atom is -0.399 e. The number of anilines is 5. The molecular weight excluding hydrogens is 1410 g/mol. The standard InChI is InChI=1S/C25H23FIN5O5S.C19H14F4IN3O6S.C7H10N2O2S/c1-13-21(28-15-5-4-6-16(12-15)29-38(3,36)37)20-22(30(2)23(13)33)32(19-10-7-14(27)11-18(19)26)25(35)31(24(20)34)17-8-9-17;1-8-14(33-34(31,32)19(21,22)23)13-15(25(2)16(8)28)27(12-6-3-9(24)7-11(12)20)18(30)26(17(13)29)10-4-5-10;1-12(10,11)9-7-4-2-3-6(8)5-7/h4-7,10-12,17,28-29H,8-9H2,1-3H3;3,6-7,10H,4-5H2,1-2H3;2-5,9H,8H2,1H3. The number of fused-ring (bicyclic) bond motifs is 2. The van der Waals surface area contributed by atoms with Crippen molar-refractivity contribution in [2.45, 2.75) is 57.1 Å². The van der Waals surface area contributed by atoms with Gasteiger partial charge in [0.25, 0.3) is 22.2 Å². The lowest BCUT2D eigenvalue weighted by atomic mass is 10.1. The first kappa shape index (κ1) is 62.7. The molecule has 4 aromatic heterocycles. The lowest BCUT2D eigenvalue weighted by molar-refractivity contribution is -0.0499. The van der Waals surface area contributed by atoms with Gasteiger partial charge in [0.2, 0.25) is 20.0 Å².